The number of nitrogens with two attached hydrogens (primary N) is 2. The predicted molar refractivity (Wildman–Crippen MR) is 143 cm³/mol. The van der Waals surface area contributed by atoms with Crippen LogP contribution in [0.4, 0.5) is 0 Å². The second kappa shape index (κ2) is 11.9. The van der Waals surface area contributed by atoms with Crippen LogP contribution in [0, 0.1) is 23.7 Å². The Balaban J connectivity index is 1.22. The van der Waals surface area contributed by atoms with Gasteiger partial charge >= 0.3 is 0 Å². The molecule has 0 bridgehead atoms. The number of carbonyl (C=O) groups excluding carboxylic acids is 2. The number of hydrogen-bond acceptors (Lipinski definition) is 6. The highest BCUT2D eigenvalue weighted by molar-refractivity contribution is 5.83. The number of nitrogens with one attached hydrogen (secondary N) is 1. The lowest BCUT2D eigenvalue weighted by Crippen LogP contribution is -2.52. The summed E-state index contributed by atoms with van der Waals surface area (Å²) in [6.45, 7) is 3.38. The normalized spacial score (nSPS) is 39.8. The van der Waals surface area contributed by atoms with Gasteiger partial charge < -0.3 is 26.9 Å². The maximum atomic E-state index is 13.7. The predicted octanol–water partition coefficient (Wildman–Crippen LogP) is 2.41. The average molecular weight is 517 g/mol. The van der Waals surface area contributed by atoms with E-state index in [0.29, 0.717) is 23.7 Å². The Morgan fingerprint density at radius 3 is 2.19 bits per heavy atom. The van der Waals surface area contributed by atoms with E-state index < -0.39 is 0 Å². The largest absolute Gasteiger partial charge is 0.409 e. The zero-order valence-electron chi connectivity index (χ0n) is 22.4. The highest BCUT2D eigenvalue weighted by Crippen LogP contribution is 2.43. The summed E-state index contributed by atoms with van der Waals surface area (Å²) in [6, 6.07) is 1.17. The van der Waals surface area contributed by atoms with E-state index in [4.69, 9.17) is 11.5 Å². The summed E-state index contributed by atoms with van der Waals surface area (Å²) >= 11 is 0. The Morgan fingerprint density at radius 2 is 1.54 bits per heavy atom. The van der Waals surface area contributed by atoms with E-state index >= 15 is 0 Å². The van der Waals surface area contributed by atoms with Crippen molar-refractivity contribution in [2.45, 2.75) is 114 Å². The van der Waals surface area contributed by atoms with Gasteiger partial charge in [-0.15, -0.1) is 0 Å². The molecule has 5 aliphatic rings. The molecular formula is C28H48N6O3. The van der Waals surface area contributed by atoms with Gasteiger partial charge in [0.15, 0.2) is 0 Å². The lowest BCUT2D eigenvalue weighted by atomic mass is 9.77. The number of oxime groups is 1. The SMILES string of the molecule is NC(=O)C1CCC(CN2C(C(=O)NC3CCC(N4CCCC4)CC3)CC3CCC(/C(N)=N/O)CC32)CC1. The first-order valence-electron chi connectivity index (χ1n) is 15.0. The van der Waals surface area contributed by atoms with Gasteiger partial charge in [0.2, 0.25) is 11.8 Å². The molecule has 0 spiro atoms. The quantitative estimate of drug-likeness (QED) is 0.177. The van der Waals surface area contributed by atoms with Crippen LogP contribution in [-0.4, -0.2) is 76.5 Å². The third-order valence-corrected chi connectivity index (χ3v) is 10.6. The number of likely N-dealkylation sites (tertiary alicyclic amines) is 2. The minimum Gasteiger partial charge on any atom is -0.409 e. The number of carbonyl (C=O) groups is 2. The van der Waals surface area contributed by atoms with Gasteiger partial charge in [0.25, 0.3) is 0 Å². The van der Waals surface area contributed by atoms with E-state index in [0.717, 1.165) is 70.8 Å². The molecule has 2 saturated heterocycles. The molecule has 0 radical (unpaired) electrons. The number of amidine groups is 1. The fourth-order valence-corrected chi connectivity index (χ4v) is 8.33. The molecule has 0 aromatic rings. The first kappa shape index (κ1) is 26.7. The Morgan fingerprint density at radius 1 is 0.865 bits per heavy atom. The van der Waals surface area contributed by atoms with Crippen LogP contribution in [0.15, 0.2) is 5.16 Å². The minimum atomic E-state index is -0.176. The molecule has 3 aliphatic carbocycles. The van der Waals surface area contributed by atoms with E-state index in [2.05, 4.69) is 20.3 Å². The molecule has 2 aliphatic heterocycles. The van der Waals surface area contributed by atoms with Gasteiger partial charge in [-0.05, 0) is 115 Å². The van der Waals surface area contributed by atoms with Crippen LogP contribution in [0.2, 0.25) is 0 Å². The number of amides is 2. The van der Waals surface area contributed by atoms with Crippen LogP contribution in [0.25, 0.3) is 0 Å². The summed E-state index contributed by atoms with van der Waals surface area (Å²) in [5.41, 5.74) is 11.6. The number of primary amides is 1. The highest BCUT2D eigenvalue weighted by Gasteiger charge is 2.48. The fraction of sp³-hybridized carbons (Fsp3) is 0.893. The lowest BCUT2D eigenvalue weighted by molar-refractivity contribution is -0.127. The molecule has 9 heteroatoms. The molecule has 5 fully saturated rings. The number of hydrogen-bond donors (Lipinski definition) is 4. The summed E-state index contributed by atoms with van der Waals surface area (Å²) in [7, 11) is 0. The topological polar surface area (TPSA) is 137 Å². The van der Waals surface area contributed by atoms with Crippen molar-refractivity contribution in [3.05, 3.63) is 0 Å². The van der Waals surface area contributed by atoms with E-state index in [1.54, 1.807) is 0 Å². The minimum absolute atomic E-state index is 0.00279. The molecule has 5 rings (SSSR count). The summed E-state index contributed by atoms with van der Waals surface area (Å²) in [5, 5.41) is 16.1. The maximum absolute atomic E-state index is 13.7. The van der Waals surface area contributed by atoms with Crippen LogP contribution in [0.5, 0.6) is 0 Å². The summed E-state index contributed by atoms with van der Waals surface area (Å²) in [6.07, 6.45) is 14.6. The molecule has 4 atom stereocenters. The standard InChI is InChI=1S/C28H48N6O3/c29-26(32-37)21-8-7-20-15-25(28(36)31-22-9-11-23(12-10-22)33-13-1-2-14-33)34(24(20)16-21)17-18-3-5-19(6-4-18)27(30)35/h18-25,37H,1-17H2,(H2,29,32)(H2,30,35)(H,31,36). The van der Waals surface area contributed by atoms with Gasteiger partial charge in [-0.3, -0.25) is 14.5 Å². The van der Waals surface area contributed by atoms with Crippen molar-refractivity contribution >= 4 is 17.6 Å². The summed E-state index contributed by atoms with van der Waals surface area (Å²) < 4.78 is 0. The van der Waals surface area contributed by atoms with Crippen molar-refractivity contribution in [1.29, 1.82) is 0 Å². The second-order valence-corrected chi connectivity index (χ2v) is 12.7. The van der Waals surface area contributed by atoms with Crippen molar-refractivity contribution in [2.75, 3.05) is 19.6 Å². The third kappa shape index (κ3) is 6.08. The average Bonchev–Trinajstić information content (AvgIpc) is 3.57. The van der Waals surface area contributed by atoms with Gasteiger partial charge in [-0.25, -0.2) is 0 Å². The maximum Gasteiger partial charge on any atom is 0.237 e. The second-order valence-electron chi connectivity index (χ2n) is 12.7. The zero-order valence-corrected chi connectivity index (χ0v) is 22.4. The van der Waals surface area contributed by atoms with Gasteiger partial charge in [0.05, 0.1) is 6.04 Å². The Kier molecular flexibility index (Phi) is 8.59. The number of rotatable bonds is 7. The first-order chi connectivity index (χ1) is 17.9. The molecule has 2 heterocycles. The van der Waals surface area contributed by atoms with Gasteiger partial charge in [-0.1, -0.05) is 5.16 Å². The third-order valence-electron chi connectivity index (χ3n) is 10.6. The fourth-order valence-electron chi connectivity index (χ4n) is 8.33. The molecular weight excluding hydrogens is 468 g/mol. The molecule has 4 unspecified atom stereocenters. The van der Waals surface area contributed by atoms with Gasteiger partial charge in [-0.2, -0.15) is 0 Å². The van der Waals surface area contributed by atoms with Crippen LogP contribution in [-0.2, 0) is 9.59 Å². The lowest BCUT2D eigenvalue weighted by Gasteiger charge is -2.40. The van der Waals surface area contributed by atoms with Crippen molar-refractivity contribution in [3.8, 4) is 0 Å². The van der Waals surface area contributed by atoms with Crippen LogP contribution in [0.3, 0.4) is 0 Å². The van der Waals surface area contributed by atoms with Crippen LogP contribution in [0.1, 0.15) is 89.9 Å². The zero-order chi connectivity index (χ0) is 25.9. The van der Waals surface area contributed by atoms with Crippen molar-refractivity contribution in [2.24, 2.45) is 40.3 Å². The van der Waals surface area contributed by atoms with Crippen molar-refractivity contribution in [1.82, 2.24) is 15.1 Å². The monoisotopic (exact) mass is 516 g/mol. The van der Waals surface area contributed by atoms with Gasteiger partial charge in [0, 0.05) is 36.5 Å². The molecule has 3 saturated carbocycles. The molecule has 0 aromatic carbocycles. The molecule has 9 nitrogen and oxygen atoms in total. The van der Waals surface area contributed by atoms with Crippen molar-refractivity contribution in [3.63, 3.8) is 0 Å². The van der Waals surface area contributed by atoms with Crippen LogP contribution < -0.4 is 16.8 Å². The Hall–Kier alpha value is -1.87. The first-order valence-corrected chi connectivity index (χ1v) is 15.0. The summed E-state index contributed by atoms with van der Waals surface area (Å²) in [4.78, 5) is 30.5. The van der Waals surface area contributed by atoms with Gasteiger partial charge in [0.1, 0.15) is 5.84 Å². The number of nitrogens with zero attached hydrogens (tertiary/aromatic N) is 3. The molecule has 2 amide bonds. The molecule has 0 aromatic heterocycles. The van der Waals surface area contributed by atoms with Crippen molar-refractivity contribution < 1.29 is 14.8 Å². The van der Waals surface area contributed by atoms with Crippen LogP contribution >= 0.6 is 0 Å². The number of fused-ring (bicyclic) bond motifs is 1. The molecule has 208 valence electrons. The van der Waals surface area contributed by atoms with E-state index in [9.17, 15) is 14.8 Å². The van der Waals surface area contributed by atoms with E-state index in [-0.39, 0.29) is 41.8 Å². The van der Waals surface area contributed by atoms with E-state index in [1.807, 2.05) is 0 Å². The smallest absolute Gasteiger partial charge is 0.237 e. The molecule has 6 N–H and O–H groups in total. The van der Waals surface area contributed by atoms with E-state index in [1.165, 1.54) is 38.8 Å². The molecule has 37 heavy (non-hydrogen) atoms. The highest BCUT2D eigenvalue weighted by atomic mass is 16.4. The Labute approximate surface area is 221 Å². The summed E-state index contributed by atoms with van der Waals surface area (Å²) in [5.74, 6) is 1.37. The Bertz CT molecular complexity index is 830.